The summed E-state index contributed by atoms with van der Waals surface area (Å²) < 4.78 is 11.9. The van der Waals surface area contributed by atoms with Crippen LogP contribution in [0.4, 0.5) is 0 Å². The summed E-state index contributed by atoms with van der Waals surface area (Å²) in [5.41, 5.74) is 0.530. The largest absolute Gasteiger partial charge is 0.479 e. The number of hydrogen-bond donors (Lipinski definition) is 1. The minimum absolute atomic E-state index is 0.0608. The highest BCUT2D eigenvalue weighted by atomic mass is 16.6. The topological polar surface area (TPSA) is 80.2 Å². The van der Waals surface area contributed by atoms with Crippen molar-refractivity contribution in [3.63, 3.8) is 0 Å². The number of amides is 1. The van der Waals surface area contributed by atoms with Crippen LogP contribution in [0, 0.1) is 11.8 Å². The molecule has 1 amide bonds. The summed E-state index contributed by atoms with van der Waals surface area (Å²) in [4.78, 5) is 32.8. The lowest BCUT2D eigenvalue weighted by Crippen LogP contribution is -2.55. The van der Waals surface area contributed by atoms with Crippen LogP contribution in [0.3, 0.4) is 0 Å². The van der Waals surface area contributed by atoms with Crippen LogP contribution < -0.4 is 5.32 Å². The standard InChI is InChI=1S/C28H43N3O4/c1-7-20(8-2)16-23(30-19(3)32)25-22(26-29-14-15-34-26)17-24(27(33)35-28(4,5)6)31(25)18-21-12-10-9-11-13-21/h9-13,20,22-25H,7-8,14-18H2,1-6H3,(H,30,32)/t22-,23+,24-,25-/m1/s1. The summed E-state index contributed by atoms with van der Waals surface area (Å²) in [5.74, 6) is 0.792. The van der Waals surface area contributed by atoms with Crippen molar-refractivity contribution >= 4 is 17.8 Å². The van der Waals surface area contributed by atoms with Gasteiger partial charge in [-0.05, 0) is 45.1 Å². The first-order chi connectivity index (χ1) is 16.6. The molecule has 1 aromatic carbocycles. The first-order valence-corrected chi connectivity index (χ1v) is 13.1. The van der Waals surface area contributed by atoms with Crippen LogP contribution in [0.1, 0.15) is 72.8 Å². The molecule has 7 heteroatoms. The molecule has 2 aliphatic rings. The zero-order chi connectivity index (χ0) is 25.6. The Hall–Kier alpha value is -2.41. The molecule has 0 aromatic heterocycles. The van der Waals surface area contributed by atoms with Crippen molar-refractivity contribution in [2.45, 2.75) is 97.5 Å². The average molecular weight is 486 g/mol. The molecule has 7 nitrogen and oxygen atoms in total. The van der Waals surface area contributed by atoms with Gasteiger partial charge in [0.1, 0.15) is 18.2 Å². The summed E-state index contributed by atoms with van der Waals surface area (Å²) in [6.45, 7) is 13.4. The number of likely N-dealkylation sites (tertiary alicyclic amines) is 1. The lowest BCUT2D eigenvalue weighted by Gasteiger charge is -2.38. The Morgan fingerprint density at radius 3 is 2.43 bits per heavy atom. The number of nitrogens with one attached hydrogen (secondary N) is 1. The third-order valence-electron chi connectivity index (χ3n) is 7.03. The number of esters is 1. The predicted molar refractivity (Wildman–Crippen MR) is 138 cm³/mol. The molecule has 2 aliphatic heterocycles. The Morgan fingerprint density at radius 2 is 1.89 bits per heavy atom. The molecule has 1 N–H and O–H groups in total. The molecule has 0 unspecified atom stereocenters. The van der Waals surface area contributed by atoms with E-state index in [1.807, 2.05) is 39.0 Å². The Kier molecular flexibility index (Phi) is 9.34. The lowest BCUT2D eigenvalue weighted by atomic mass is 9.85. The van der Waals surface area contributed by atoms with Crippen LogP contribution in [-0.4, -0.2) is 59.6 Å². The van der Waals surface area contributed by atoms with E-state index in [9.17, 15) is 9.59 Å². The molecule has 0 aliphatic carbocycles. The quantitative estimate of drug-likeness (QED) is 0.499. The van der Waals surface area contributed by atoms with Gasteiger partial charge >= 0.3 is 5.97 Å². The summed E-state index contributed by atoms with van der Waals surface area (Å²) >= 11 is 0. The molecular weight excluding hydrogens is 442 g/mol. The second-order valence-electron chi connectivity index (χ2n) is 10.8. The van der Waals surface area contributed by atoms with Crippen molar-refractivity contribution < 1.29 is 19.1 Å². The van der Waals surface area contributed by atoms with Gasteiger partial charge < -0.3 is 14.8 Å². The smallest absolute Gasteiger partial charge is 0.323 e. The van der Waals surface area contributed by atoms with Gasteiger partial charge in [-0.2, -0.15) is 0 Å². The molecule has 1 fully saturated rings. The monoisotopic (exact) mass is 485 g/mol. The maximum absolute atomic E-state index is 13.5. The van der Waals surface area contributed by atoms with E-state index < -0.39 is 11.6 Å². The van der Waals surface area contributed by atoms with E-state index in [4.69, 9.17) is 9.47 Å². The highest BCUT2D eigenvalue weighted by Gasteiger charge is 2.52. The van der Waals surface area contributed by atoms with Gasteiger partial charge in [-0.15, -0.1) is 0 Å². The molecule has 0 radical (unpaired) electrons. The molecular formula is C28H43N3O4. The van der Waals surface area contributed by atoms with E-state index >= 15 is 0 Å². The van der Waals surface area contributed by atoms with Crippen molar-refractivity contribution in [1.82, 2.24) is 10.2 Å². The van der Waals surface area contributed by atoms with Crippen molar-refractivity contribution in [1.29, 1.82) is 0 Å². The highest BCUT2D eigenvalue weighted by molar-refractivity contribution is 5.84. The molecule has 194 valence electrons. The van der Waals surface area contributed by atoms with Gasteiger partial charge in [-0.1, -0.05) is 57.0 Å². The fourth-order valence-electron chi connectivity index (χ4n) is 5.43. The van der Waals surface area contributed by atoms with Gasteiger partial charge in [0.05, 0.1) is 12.5 Å². The Bertz CT molecular complexity index is 876. The summed E-state index contributed by atoms with van der Waals surface area (Å²) in [6.07, 6.45) is 3.47. The van der Waals surface area contributed by atoms with Crippen LogP contribution in [0.25, 0.3) is 0 Å². The van der Waals surface area contributed by atoms with Gasteiger partial charge in [0, 0.05) is 25.6 Å². The Labute approximate surface area is 210 Å². The minimum Gasteiger partial charge on any atom is -0.479 e. The average Bonchev–Trinajstić information content (AvgIpc) is 3.44. The van der Waals surface area contributed by atoms with E-state index in [1.54, 1.807) is 6.92 Å². The van der Waals surface area contributed by atoms with Crippen LogP contribution in [0.2, 0.25) is 0 Å². The van der Waals surface area contributed by atoms with E-state index in [0.29, 0.717) is 37.9 Å². The van der Waals surface area contributed by atoms with Gasteiger partial charge in [-0.3, -0.25) is 19.5 Å². The molecule has 0 saturated carbocycles. The number of rotatable bonds is 10. The summed E-state index contributed by atoms with van der Waals surface area (Å²) in [7, 11) is 0. The van der Waals surface area contributed by atoms with Gasteiger partial charge in [0.25, 0.3) is 0 Å². The SMILES string of the molecule is CCC(CC)C[C@H](NC(C)=O)[C@H]1[C@H](C2=NCCO2)C[C@H](C(=O)OC(C)(C)C)N1Cc1ccccc1. The van der Waals surface area contributed by atoms with E-state index in [2.05, 4.69) is 41.2 Å². The zero-order valence-electron chi connectivity index (χ0n) is 22.3. The summed E-state index contributed by atoms with van der Waals surface area (Å²) in [5, 5.41) is 3.25. The van der Waals surface area contributed by atoms with Crippen molar-refractivity contribution in [3.8, 4) is 0 Å². The molecule has 3 rings (SSSR count). The van der Waals surface area contributed by atoms with E-state index in [0.717, 1.165) is 24.8 Å². The van der Waals surface area contributed by atoms with Crippen LogP contribution in [0.5, 0.6) is 0 Å². The number of hydrogen-bond acceptors (Lipinski definition) is 6. The van der Waals surface area contributed by atoms with E-state index in [1.165, 1.54) is 0 Å². The van der Waals surface area contributed by atoms with Gasteiger partial charge in [0.2, 0.25) is 5.91 Å². The van der Waals surface area contributed by atoms with Gasteiger partial charge in [-0.25, -0.2) is 0 Å². The van der Waals surface area contributed by atoms with Crippen molar-refractivity contribution in [3.05, 3.63) is 35.9 Å². The normalized spacial score (nSPS) is 23.6. The fourth-order valence-corrected chi connectivity index (χ4v) is 5.43. The number of nitrogens with zero attached hydrogens (tertiary/aromatic N) is 2. The van der Waals surface area contributed by atoms with Crippen molar-refractivity contribution in [2.75, 3.05) is 13.2 Å². The first kappa shape index (κ1) is 27.2. The fraction of sp³-hybridized carbons (Fsp3) is 0.679. The molecule has 1 aromatic rings. The number of carbonyl (C=O) groups excluding carboxylic acids is 2. The number of carbonyl (C=O) groups is 2. The maximum Gasteiger partial charge on any atom is 0.323 e. The molecule has 35 heavy (non-hydrogen) atoms. The molecule has 0 spiro atoms. The second-order valence-corrected chi connectivity index (χ2v) is 10.8. The lowest BCUT2D eigenvalue weighted by molar-refractivity contribution is -0.161. The number of benzene rings is 1. The highest BCUT2D eigenvalue weighted by Crippen LogP contribution is 2.38. The predicted octanol–water partition coefficient (Wildman–Crippen LogP) is 4.35. The Morgan fingerprint density at radius 1 is 1.20 bits per heavy atom. The molecule has 1 saturated heterocycles. The number of ether oxygens (including phenoxy) is 2. The molecule has 0 bridgehead atoms. The third kappa shape index (κ3) is 7.29. The zero-order valence-corrected chi connectivity index (χ0v) is 22.3. The maximum atomic E-state index is 13.5. The number of aliphatic imine (C=N–C) groups is 1. The first-order valence-electron chi connectivity index (χ1n) is 13.1. The molecule has 4 atom stereocenters. The van der Waals surface area contributed by atoms with Crippen LogP contribution in [0.15, 0.2) is 35.3 Å². The van der Waals surface area contributed by atoms with Gasteiger partial charge in [0.15, 0.2) is 5.90 Å². The molecule has 2 heterocycles. The second kappa shape index (κ2) is 12.0. The van der Waals surface area contributed by atoms with E-state index in [-0.39, 0.29) is 29.9 Å². The summed E-state index contributed by atoms with van der Waals surface area (Å²) in [6, 6.07) is 9.46. The third-order valence-corrected chi connectivity index (χ3v) is 7.03. The van der Waals surface area contributed by atoms with Crippen LogP contribution >= 0.6 is 0 Å². The minimum atomic E-state index is -0.586. The van der Waals surface area contributed by atoms with Crippen molar-refractivity contribution in [2.24, 2.45) is 16.8 Å². The van der Waals surface area contributed by atoms with Crippen LogP contribution in [-0.2, 0) is 25.6 Å². The Balaban J connectivity index is 2.05.